The number of halogens is 2. The smallest absolute Gasteiger partial charge is 0.399 e. The van der Waals surface area contributed by atoms with Crippen LogP contribution in [0.1, 0.15) is 27.7 Å². The van der Waals surface area contributed by atoms with E-state index in [2.05, 4.69) is 10.2 Å². The van der Waals surface area contributed by atoms with Gasteiger partial charge in [0.2, 0.25) is 0 Å². The van der Waals surface area contributed by atoms with Gasteiger partial charge in [-0.15, -0.1) is 0 Å². The van der Waals surface area contributed by atoms with Crippen LogP contribution in [0.15, 0.2) is 12.1 Å². The molecule has 1 aliphatic rings. The van der Waals surface area contributed by atoms with Crippen molar-refractivity contribution in [3.05, 3.63) is 22.3 Å². The van der Waals surface area contributed by atoms with Gasteiger partial charge in [0.1, 0.15) is 5.15 Å². The second-order valence-corrected chi connectivity index (χ2v) is 6.74. The molecule has 1 aliphatic heterocycles. The Morgan fingerprint density at radius 1 is 1.10 bits per heavy atom. The van der Waals surface area contributed by atoms with E-state index in [0.29, 0.717) is 15.6 Å². The van der Waals surface area contributed by atoms with Crippen LogP contribution in [0, 0.1) is 0 Å². The van der Waals surface area contributed by atoms with Crippen molar-refractivity contribution < 1.29 is 9.31 Å². The van der Waals surface area contributed by atoms with E-state index in [9.17, 15) is 0 Å². The maximum atomic E-state index is 6.45. The Labute approximate surface area is 127 Å². The van der Waals surface area contributed by atoms with Crippen molar-refractivity contribution in [3.8, 4) is 0 Å². The molecule has 1 saturated heterocycles. The van der Waals surface area contributed by atoms with Crippen molar-refractivity contribution in [2.24, 2.45) is 0 Å². The molecule has 0 spiro atoms. The first-order valence-electron chi connectivity index (χ1n) is 6.40. The Morgan fingerprint density at radius 2 is 1.70 bits per heavy atom. The van der Waals surface area contributed by atoms with Crippen molar-refractivity contribution in [3.63, 3.8) is 0 Å². The van der Waals surface area contributed by atoms with E-state index in [1.807, 2.05) is 39.8 Å². The molecular formula is C13H15BCl2N2O2. The molecule has 20 heavy (non-hydrogen) atoms. The molecule has 0 bridgehead atoms. The number of hydrogen-bond donors (Lipinski definition) is 1. The molecule has 0 aliphatic carbocycles. The van der Waals surface area contributed by atoms with Gasteiger partial charge in [0, 0.05) is 5.46 Å². The van der Waals surface area contributed by atoms with Crippen LogP contribution in [0.4, 0.5) is 0 Å². The van der Waals surface area contributed by atoms with E-state index < -0.39 is 18.3 Å². The van der Waals surface area contributed by atoms with E-state index in [1.54, 1.807) is 0 Å². The zero-order chi connectivity index (χ0) is 14.7. The van der Waals surface area contributed by atoms with Gasteiger partial charge in [0.05, 0.1) is 27.1 Å². The summed E-state index contributed by atoms with van der Waals surface area (Å²) in [5.41, 5.74) is 0.674. The molecule has 1 aromatic carbocycles. The molecule has 1 aromatic heterocycles. The van der Waals surface area contributed by atoms with Crippen molar-refractivity contribution >= 4 is 46.7 Å². The van der Waals surface area contributed by atoms with Gasteiger partial charge in [-0.3, -0.25) is 5.10 Å². The number of H-pyrrole nitrogens is 1. The Morgan fingerprint density at radius 3 is 2.30 bits per heavy atom. The monoisotopic (exact) mass is 312 g/mol. The SMILES string of the molecule is CC1(C)OB(c2ccc3n[nH]c(Cl)c3c2Cl)OC1(C)C. The maximum Gasteiger partial charge on any atom is 0.496 e. The molecule has 1 N–H and O–H groups in total. The fraction of sp³-hybridized carbons (Fsp3) is 0.462. The van der Waals surface area contributed by atoms with Gasteiger partial charge < -0.3 is 9.31 Å². The number of rotatable bonds is 1. The summed E-state index contributed by atoms with van der Waals surface area (Å²) < 4.78 is 12.0. The quantitative estimate of drug-likeness (QED) is 0.823. The van der Waals surface area contributed by atoms with Crippen molar-refractivity contribution in [1.29, 1.82) is 0 Å². The minimum absolute atomic E-state index is 0.407. The number of hydrogen-bond acceptors (Lipinski definition) is 3. The molecule has 7 heteroatoms. The molecule has 0 atom stereocenters. The summed E-state index contributed by atoms with van der Waals surface area (Å²) in [7, 11) is -0.511. The highest BCUT2D eigenvalue weighted by Crippen LogP contribution is 2.38. The molecular weight excluding hydrogens is 298 g/mol. The van der Waals surface area contributed by atoms with E-state index in [-0.39, 0.29) is 0 Å². The number of nitrogens with one attached hydrogen (secondary N) is 1. The lowest BCUT2D eigenvalue weighted by molar-refractivity contribution is 0.00578. The number of aromatic nitrogens is 2. The third kappa shape index (κ3) is 1.96. The van der Waals surface area contributed by atoms with Crippen molar-refractivity contribution in [2.75, 3.05) is 0 Å². The molecule has 1 fully saturated rings. The molecule has 0 amide bonds. The molecule has 3 rings (SSSR count). The average Bonchev–Trinajstić information content (AvgIpc) is 2.79. The van der Waals surface area contributed by atoms with Gasteiger partial charge in [-0.25, -0.2) is 0 Å². The molecule has 0 saturated carbocycles. The highest BCUT2D eigenvalue weighted by Gasteiger charge is 2.52. The van der Waals surface area contributed by atoms with Gasteiger partial charge in [-0.2, -0.15) is 5.10 Å². The molecule has 2 aromatic rings. The van der Waals surface area contributed by atoms with E-state index in [1.165, 1.54) is 0 Å². The summed E-state index contributed by atoms with van der Waals surface area (Å²) in [6, 6.07) is 3.72. The van der Waals surface area contributed by atoms with Crippen LogP contribution in [-0.2, 0) is 9.31 Å². The standard InChI is InChI=1S/C13H15BCl2N2O2/c1-12(2)13(3,4)20-14(19-12)7-5-6-8-9(10(7)15)11(16)18-17-8/h5-6H,1-4H3,(H,17,18). The first-order valence-corrected chi connectivity index (χ1v) is 7.16. The van der Waals surface area contributed by atoms with Crippen LogP contribution in [0.2, 0.25) is 10.2 Å². The van der Waals surface area contributed by atoms with Crippen LogP contribution < -0.4 is 5.46 Å². The molecule has 106 valence electrons. The summed E-state index contributed by atoms with van der Waals surface area (Å²) in [6.07, 6.45) is 0. The lowest BCUT2D eigenvalue weighted by Gasteiger charge is -2.32. The molecule has 2 heterocycles. The fourth-order valence-corrected chi connectivity index (χ4v) is 2.83. The van der Waals surface area contributed by atoms with Crippen molar-refractivity contribution in [1.82, 2.24) is 10.2 Å². The van der Waals surface area contributed by atoms with Crippen LogP contribution in [-0.4, -0.2) is 28.5 Å². The molecule has 4 nitrogen and oxygen atoms in total. The van der Waals surface area contributed by atoms with E-state index in [0.717, 1.165) is 11.0 Å². The number of benzene rings is 1. The highest BCUT2D eigenvalue weighted by molar-refractivity contribution is 6.67. The van der Waals surface area contributed by atoms with Gasteiger partial charge in [-0.05, 0) is 33.8 Å². The predicted molar refractivity (Wildman–Crippen MR) is 81.8 cm³/mol. The zero-order valence-electron chi connectivity index (χ0n) is 11.8. The lowest BCUT2D eigenvalue weighted by Crippen LogP contribution is -2.41. The number of nitrogens with zero attached hydrogens (tertiary/aromatic N) is 1. The second kappa shape index (κ2) is 4.37. The van der Waals surface area contributed by atoms with Crippen LogP contribution in [0.25, 0.3) is 10.9 Å². The van der Waals surface area contributed by atoms with Gasteiger partial charge >= 0.3 is 7.12 Å². The van der Waals surface area contributed by atoms with Gasteiger partial charge in [0.25, 0.3) is 0 Å². The van der Waals surface area contributed by atoms with Gasteiger partial charge in [-0.1, -0.05) is 29.3 Å². The van der Waals surface area contributed by atoms with E-state index in [4.69, 9.17) is 32.5 Å². The Kier molecular flexibility index (Phi) is 3.11. The van der Waals surface area contributed by atoms with E-state index >= 15 is 0 Å². The maximum absolute atomic E-state index is 6.45. The van der Waals surface area contributed by atoms with Crippen molar-refractivity contribution in [2.45, 2.75) is 38.9 Å². The van der Waals surface area contributed by atoms with Crippen LogP contribution in [0.5, 0.6) is 0 Å². The first kappa shape index (κ1) is 14.2. The largest absolute Gasteiger partial charge is 0.496 e. The average molecular weight is 313 g/mol. The summed E-state index contributed by atoms with van der Waals surface area (Å²) in [4.78, 5) is 0. The second-order valence-electron chi connectivity index (χ2n) is 5.99. The Bertz CT molecular complexity index is 668. The summed E-state index contributed by atoms with van der Waals surface area (Å²) in [5, 5.41) is 8.43. The molecule has 0 radical (unpaired) electrons. The fourth-order valence-electron chi connectivity index (χ4n) is 2.20. The third-order valence-corrected chi connectivity index (χ3v) is 4.83. The minimum atomic E-state index is -0.511. The normalized spacial score (nSPS) is 20.8. The lowest BCUT2D eigenvalue weighted by atomic mass is 9.78. The molecule has 0 unspecified atom stereocenters. The third-order valence-electron chi connectivity index (χ3n) is 4.15. The first-order chi connectivity index (χ1) is 9.23. The Hall–Kier alpha value is -0.745. The topological polar surface area (TPSA) is 47.1 Å². The summed E-state index contributed by atoms with van der Waals surface area (Å²) in [6.45, 7) is 8.02. The van der Waals surface area contributed by atoms with Gasteiger partial charge in [0.15, 0.2) is 0 Å². The summed E-state index contributed by atoms with van der Waals surface area (Å²) >= 11 is 12.5. The number of fused-ring (bicyclic) bond motifs is 1. The summed E-state index contributed by atoms with van der Waals surface area (Å²) in [5.74, 6) is 0. The van der Waals surface area contributed by atoms with Crippen LogP contribution >= 0.6 is 23.2 Å². The minimum Gasteiger partial charge on any atom is -0.399 e. The highest BCUT2D eigenvalue weighted by atomic mass is 35.5. The number of aromatic amines is 1. The zero-order valence-corrected chi connectivity index (χ0v) is 13.3. The Balaban J connectivity index is 2.08. The predicted octanol–water partition coefficient (Wildman–Crippen LogP) is 3.17. The van der Waals surface area contributed by atoms with Crippen LogP contribution in [0.3, 0.4) is 0 Å².